The molecule has 0 amide bonds. The van der Waals surface area contributed by atoms with Gasteiger partial charge < -0.3 is 14.8 Å². The molecule has 3 heteroatoms. The number of hydrogen-bond donors (Lipinski definition) is 1. The van der Waals surface area contributed by atoms with Gasteiger partial charge in [0.25, 0.3) is 0 Å². The van der Waals surface area contributed by atoms with Crippen LogP contribution in [0.4, 0.5) is 0 Å². The molecule has 0 bridgehead atoms. The minimum atomic E-state index is 0. The van der Waals surface area contributed by atoms with E-state index >= 15 is 0 Å². The Morgan fingerprint density at radius 2 is 1.88 bits per heavy atom. The largest absolute Gasteiger partial charge is 0.502 e. The number of carbonyl (C=O) groups excluding carboxylic acids is 1. The van der Waals surface area contributed by atoms with Crippen LogP contribution in [0.1, 0.15) is 41.0 Å². The molecule has 1 rings (SSSR count). The average Bonchev–Trinajstić information content (AvgIpc) is 2.34. The smallest absolute Gasteiger partial charge is 0.106 e. The molecule has 0 aromatic rings. The third-order valence-corrected chi connectivity index (χ3v) is 2.71. The predicted molar refractivity (Wildman–Crippen MR) is 71.5 cm³/mol. The summed E-state index contributed by atoms with van der Waals surface area (Å²) in [6, 6.07) is 0.821. The van der Waals surface area contributed by atoms with Crippen molar-refractivity contribution in [2.24, 2.45) is 5.92 Å². The number of ether oxygens (including phenoxy) is 1. The van der Waals surface area contributed by atoms with E-state index in [-0.39, 0.29) is 1.43 Å². The van der Waals surface area contributed by atoms with Crippen LogP contribution in [-0.4, -0.2) is 26.5 Å². The normalized spacial score (nSPS) is 22.9. The molecule has 0 radical (unpaired) electrons. The van der Waals surface area contributed by atoms with Gasteiger partial charge in [0.1, 0.15) is 6.79 Å². The summed E-state index contributed by atoms with van der Waals surface area (Å²) in [5, 5.41) is 3.32. The molecule has 1 N–H and O–H groups in total. The third-order valence-electron chi connectivity index (χ3n) is 2.71. The molecule has 0 aliphatic heterocycles. The maximum absolute atomic E-state index is 8.00. The molecule has 3 nitrogen and oxygen atoms in total. The first kappa shape index (κ1) is 17.6. The monoisotopic (exact) mass is 231 g/mol. The maximum Gasteiger partial charge on any atom is 0.106 e. The molecule has 1 aliphatic carbocycles. The van der Waals surface area contributed by atoms with Gasteiger partial charge in [-0.2, -0.15) is 0 Å². The highest BCUT2D eigenvalue weighted by Gasteiger charge is 2.15. The molecule has 98 valence electrons. The van der Waals surface area contributed by atoms with E-state index < -0.39 is 0 Å². The van der Waals surface area contributed by atoms with E-state index in [4.69, 9.17) is 4.79 Å². The lowest BCUT2D eigenvalue weighted by Gasteiger charge is -2.25. The van der Waals surface area contributed by atoms with Crippen molar-refractivity contribution in [2.45, 2.75) is 45.6 Å². The van der Waals surface area contributed by atoms with Gasteiger partial charge in [0, 0.05) is 7.47 Å². The van der Waals surface area contributed by atoms with Gasteiger partial charge in [-0.3, -0.25) is 0 Å². The Morgan fingerprint density at radius 1 is 1.38 bits per heavy atom. The molecule has 1 aliphatic rings. The lowest BCUT2D eigenvalue weighted by Crippen LogP contribution is -2.29. The van der Waals surface area contributed by atoms with Crippen LogP contribution in [0, 0.1) is 5.92 Å². The van der Waals surface area contributed by atoms with Gasteiger partial charge in [0.05, 0.1) is 12.9 Å². The number of hydrogen-bond acceptors (Lipinski definition) is 3. The van der Waals surface area contributed by atoms with Crippen LogP contribution in [-0.2, 0) is 9.53 Å². The first-order valence-electron chi connectivity index (χ1n) is 5.93. The standard InChI is InChI=1S/C8H17N.C4H8O.CH2O.H2/c1-7-3-5-8(9-2)6-4-7;1-3-5-4-2;1-2;/h7-9H,3-6H2,1-2H3;3H,1,4H2,2H3;1H2;1H. The van der Waals surface area contributed by atoms with Crippen LogP contribution in [0.2, 0.25) is 0 Å². The Balaban J connectivity index is -0.000000213. The molecular weight excluding hydrogens is 202 g/mol. The van der Waals surface area contributed by atoms with Crippen LogP contribution in [0.5, 0.6) is 0 Å². The van der Waals surface area contributed by atoms with Gasteiger partial charge in [-0.15, -0.1) is 0 Å². The van der Waals surface area contributed by atoms with Gasteiger partial charge in [0.15, 0.2) is 0 Å². The van der Waals surface area contributed by atoms with Gasteiger partial charge in [-0.25, -0.2) is 0 Å². The molecule has 0 aromatic heterocycles. The lowest BCUT2D eigenvalue weighted by atomic mass is 9.87. The quantitative estimate of drug-likeness (QED) is 0.759. The predicted octanol–water partition coefficient (Wildman–Crippen LogP) is 3.01. The number of carbonyl (C=O) groups is 1. The van der Waals surface area contributed by atoms with E-state index in [1.54, 1.807) is 0 Å². The molecule has 0 heterocycles. The van der Waals surface area contributed by atoms with E-state index in [1.165, 1.54) is 31.9 Å². The SMILES string of the molecule is C=COCC.C=O.CNC1CCC(C)CC1.[HH]. The van der Waals surface area contributed by atoms with Crippen LogP contribution < -0.4 is 5.32 Å². The van der Waals surface area contributed by atoms with Crippen molar-refractivity contribution in [1.29, 1.82) is 0 Å². The molecule has 0 aromatic carbocycles. The Morgan fingerprint density at radius 3 is 2.12 bits per heavy atom. The highest BCUT2D eigenvalue weighted by Crippen LogP contribution is 2.22. The Kier molecular flexibility index (Phi) is 15.6. The molecule has 1 fully saturated rings. The second-order valence-electron chi connectivity index (χ2n) is 3.87. The van der Waals surface area contributed by atoms with Crippen molar-refractivity contribution in [3.8, 4) is 0 Å². The van der Waals surface area contributed by atoms with E-state index in [9.17, 15) is 0 Å². The van der Waals surface area contributed by atoms with Gasteiger partial charge in [0.2, 0.25) is 0 Å². The zero-order valence-corrected chi connectivity index (χ0v) is 11.0. The maximum atomic E-state index is 8.00. The molecule has 1 saturated carbocycles. The Labute approximate surface area is 102 Å². The minimum absolute atomic E-state index is 0. The van der Waals surface area contributed by atoms with Crippen molar-refractivity contribution in [3.05, 3.63) is 12.8 Å². The van der Waals surface area contributed by atoms with E-state index in [0.29, 0.717) is 0 Å². The van der Waals surface area contributed by atoms with Crippen molar-refractivity contribution in [2.75, 3.05) is 13.7 Å². The molecular formula is C13H29NO2. The third kappa shape index (κ3) is 11.2. The van der Waals surface area contributed by atoms with Crippen molar-refractivity contribution >= 4 is 6.79 Å². The van der Waals surface area contributed by atoms with Gasteiger partial charge in [-0.1, -0.05) is 13.5 Å². The van der Waals surface area contributed by atoms with Crippen molar-refractivity contribution in [1.82, 2.24) is 5.32 Å². The zero-order chi connectivity index (χ0) is 12.8. The summed E-state index contributed by atoms with van der Waals surface area (Å²) in [5.41, 5.74) is 0. The molecule has 0 saturated heterocycles. The zero-order valence-electron chi connectivity index (χ0n) is 11.0. The molecule has 0 unspecified atom stereocenters. The summed E-state index contributed by atoms with van der Waals surface area (Å²) in [5.74, 6) is 0.981. The summed E-state index contributed by atoms with van der Waals surface area (Å²) in [6.07, 6.45) is 7.05. The summed E-state index contributed by atoms with van der Waals surface area (Å²) in [7, 11) is 2.07. The lowest BCUT2D eigenvalue weighted by molar-refractivity contribution is -0.0979. The van der Waals surface area contributed by atoms with E-state index in [0.717, 1.165) is 18.6 Å². The van der Waals surface area contributed by atoms with Gasteiger partial charge >= 0.3 is 0 Å². The summed E-state index contributed by atoms with van der Waals surface area (Å²) >= 11 is 0. The van der Waals surface area contributed by atoms with E-state index in [1.807, 2.05) is 13.7 Å². The number of rotatable bonds is 3. The van der Waals surface area contributed by atoms with Crippen LogP contribution in [0.3, 0.4) is 0 Å². The summed E-state index contributed by atoms with van der Waals surface area (Å²) in [6.45, 7) is 10.3. The summed E-state index contributed by atoms with van der Waals surface area (Å²) in [4.78, 5) is 8.00. The highest BCUT2D eigenvalue weighted by molar-refractivity contribution is 5.10. The molecule has 0 spiro atoms. The fourth-order valence-corrected chi connectivity index (χ4v) is 1.67. The second-order valence-corrected chi connectivity index (χ2v) is 3.87. The minimum Gasteiger partial charge on any atom is -0.502 e. The summed E-state index contributed by atoms with van der Waals surface area (Å²) < 4.78 is 4.60. The fraction of sp³-hybridized carbons (Fsp3) is 0.769. The van der Waals surface area contributed by atoms with Crippen molar-refractivity contribution in [3.63, 3.8) is 0 Å². The average molecular weight is 231 g/mol. The molecule has 16 heavy (non-hydrogen) atoms. The van der Waals surface area contributed by atoms with Crippen LogP contribution >= 0.6 is 0 Å². The Bertz CT molecular complexity index is 148. The first-order chi connectivity index (χ1) is 7.74. The first-order valence-corrected chi connectivity index (χ1v) is 5.93. The topological polar surface area (TPSA) is 38.3 Å². The van der Waals surface area contributed by atoms with Gasteiger partial charge in [-0.05, 0) is 45.6 Å². The van der Waals surface area contributed by atoms with Crippen LogP contribution in [0.15, 0.2) is 12.8 Å². The Hall–Kier alpha value is -0.830. The van der Waals surface area contributed by atoms with E-state index in [2.05, 4.69) is 30.6 Å². The number of nitrogens with one attached hydrogen (secondary N) is 1. The second kappa shape index (κ2) is 14.2. The molecule has 0 atom stereocenters. The highest BCUT2D eigenvalue weighted by atomic mass is 16.5. The van der Waals surface area contributed by atoms with Crippen LogP contribution in [0.25, 0.3) is 0 Å². The van der Waals surface area contributed by atoms with Crippen molar-refractivity contribution < 1.29 is 11.0 Å². The fourth-order valence-electron chi connectivity index (χ4n) is 1.67.